The fraction of sp³-hybridized carbons (Fsp3) is 0.655. The largest absolute Gasteiger partial charge is 0.445 e. The third-order valence-corrected chi connectivity index (χ3v) is 9.70. The van der Waals surface area contributed by atoms with Gasteiger partial charge in [0.1, 0.15) is 12.2 Å². The van der Waals surface area contributed by atoms with Crippen LogP contribution in [0.5, 0.6) is 0 Å². The molecular formula is C29H41ClN2O7. The van der Waals surface area contributed by atoms with Crippen molar-refractivity contribution in [3.63, 3.8) is 0 Å². The van der Waals surface area contributed by atoms with E-state index in [1.54, 1.807) is 40.2 Å². The molecule has 2 aliphatic carbocycles. The molecule has 216 valence electrons. The number of amides is 2. The highest BCUT2D eigenvalue weighted by Gasteiger charge is 2.68. The molecule has 2 unspecified atom stereocenters. The second-order valence-electron chi connectivity index (χ2n) is 12.0. The Bertz CT molecular complexity index is 1140. The lowest BCUT2D eigenvalue weighted by atomic mass is 9.50. The van der Waals surface area contributed by atoms with E-state index in [1.807, 2.05) is 26.0 Å². The van der Waals surface area contributed by atoms with E-state index in [2.05, 4.69) is 5.32 Å². The monoisotopic (exact) mass is 564 g/mol. The number of nitrogens with one attached hydrogen (secondary N) is 1. The van der Waals surface area contributed by atoms with E-state index in [-0.39, 0.29) is 30.8 Å². The number of alkyl carbamates (subject to hydrolysis) is 1. The predicted molar refractivity (Wildman–Crippen MR) is 146 cm³/mol. The molecule has 2 amide bonds. The summed E-state index contributed by atoms with van der Waals surface area (Å²) >= 11 is 6.74. The van der Waals surface area contributed by atoms with Crippen molar-refractivity contribution < 1.29 is 34.0 Å². The highest BCUT2D eigenvalue weighted by atomic mass is 35.5. The van der Waals surface area contributed by atoms with Gasteiger partial charge in [-0.25, -0.2) is 4.79 Å². The van der Waals surface area contributed by atoms with Gasteiger partial charge in [-0.05, 0) is 38.7 Å². The van der Waals surface area contributed by atoms with Crippen molar-refractivity contribution in [1.82, 2.24) is 10.2 Å². The quantitative estimate of drug-likeness (QED) is 0.467. The van der Waals surface area contributed by atoms with Gasteiger partial charge in [-0.2, -0.15) is 0 Å². The zero-order chi connectivity index (χ0) is 28.9. The van der Waals surface area contributed by atoms with E-state index in [4.69, 9.17) is 25.8 Å². The average molecular weight is 565 g/mol. The van der Waals surface area contributed by atoms with Crippen LogP contribution in [0, 0.1) is 17.3 Å². The maximum absolute atomic E-state index is 14.0. The first-order valence-electron chi connectivity index (χ1n) is 13.4. The number of fused-ring (bicyclic) bond motifs is 1. The molecule has 4 rings (SSSR count). The summed E-state index contributed by atoms with van der Waals surface area (Å²) in [5.41, 5.74) is -2.01. The minimum absolute atomic E-state index is 0.155. The molecule has 0 aromatic rings. The van der Waals surface area contributed by atoms with E-state index in [9.17, 15) is 19.8 Å². The summed E-state index contributed by atoms with van der Waals surface area (Å²) in [5.74, 6) is -1.51. The third-order valence-electron chi connectivity index (χ3n) is 9.26. The number of hydrogen-bond donors (Lipinski definition) is 3. The Hall–Kier alpha value is -2.17. The molecule has 9 nitrogen and oxygen atoms in total. The van der Waals surface area contributed by atoms with E-state index in [0.29, 0.717) is 23.6 Å². The number of nitrogens with zero attached hydrogens (tertiary/aromatic N) is 1. The number of methoxy groups -OCH3 is 2. The molecule has 2 bridgehead atoms. The number of ether oxygens (including phenoxy) is 3. The van der Waals surface area contributed by atoms with Gasteiger partial charge >= 0.3 is 6.09 Å². The number of aliphatic hydroxyl groups is 2. The molecule has 8 atom stereocenters. The number of likely N-dealkylation sites (N-methyl/N-ethyl adjacent to an activating group) is 1. The lowest BCUT2D eigenvalue weighted by molar-refractivity contribution is -0.274. The third kappa shape index (κ3) is 5.08. The molecule has 2 aliphatic heterocycles. The van der Waals surface area contributed by atoms with Crippen LogP contribution in [-0.2, 0) is 19.0 Å². The molecule has 0 aromatic heterocycles. The molecule has 1 saturated carbocycles. The summed E-state index contributed by atoms with van der Waals surface area (Å²) in [6.45, 7) is 7.30. The van der Waals surface area contributed by atoms with Crippen molar-refractivity contribution in [2.45, 2.75) is 83.0 Å². The summed E-state index contributed by atoms with van der Waals surface area (Å²) < 4.78 is 17.1. The number of rotatable bonds is 2. The molecule has 1 saturated heterocycles. The highest BCUT2D eigenvalue weighted by Crippen LogP contribution is 2.58. The van der Waals surface area contributed by atoms with E-state index < -0.39 is 41.0 Å². The normalized spacial score (nSPS) is 43.6. The Morgan fingerprint density at radius 2 is 1.90 bits per heavy atom. The molecule has 0 aromatic carbocycles. The zero-order valence-electron chi connectivity index (χ0n) is 23.8. The lowest BCUT2D eigenvalue weighted by Crippen LogP contribution is -2.77. The summed E-state index contributed by atoms with van der Waals surface area (Å²) in [6, 6.07) is 0. The number of hydrogen-bond acceptors (Lipinski definition) is 7. The van der Waals surface area contributed by atoms with Gasteiger partial charge in [0, 0.05) is 39.5 Å². The van der Waals surface area contributed by atoms with Gasteiger partial charge < -0.3 is 29.3 Å². The van der Waals surface area contributed by atoms with E-state index in [0.717, 1.165) is 11.1 Å². The molecule has 2 fully saturated rings. The topological polar surface area (TPSA) is 118 Å². The molecule has 0 spiro atoms. The second kappa shape index (κ2) is 10.7. The highest BCUT2D eigenvalue weighted by molar-refractivity contribution is 6.31. The molecule has 0 radical (unpaired) electrons. The van der Waals surface area contributed by atoms with Crippen LogP contribution in [0.15, 0.2) is 46.2 Å². The van der Waals surface area contributed by atoms with Gasteiger partial charge in [0.05, 0.1) is 28.4 Å². The van der Waals surface area contributed by atoms with Gasteiger partial charge in [-0.15, -0.1) is 0 Å². The maximum Gasteiger partial charge on any atom is 0.409 e. The fourth-order valence-corrected chi connectivity index (χ4v) is 7.30. The molecule has 4 aliphatic rings. The number of carbonyl (C=O) groups is 2. The van der Waals surface area contributed by atoms with Gasteiger partial charge in [0.2, 0.25) is 5.91 Å². The summed E-state index contributed by atoms with van der Waals surface area (Å²) in [7, 11) is 4.69. The Morgan fingerprint density at radius 1 is 1.21 bits per heavy atom. The van der Waals surface area contributed by atoms with Crippen LogP contribution in [0.25, 0.3) is 0 Å². The second-order valence-corrected chi connectivity index (χ2v) is 12.4. The van der Waals surface area contributed by atoms with Crippen molar-refractivity contribution >= 4 is 23.6 Å². The van der Waals surface area contributed by atoms with Crippen molar-refractivity contribution in [3.05, 3.63) is 46.2 Å². The van der Waals surface area contributed by atoms with E-state index >= 15 is 0 Å². The minimum Gasteiger partial charge on any atom is -0.445 e. The van der Waals surface area contributed by atoms with Crippen LogP contribution in [0.4, 0.5) is 4.79 Å². The van der Waals surface area contributed by atoms with Gasteiger partial charge in [-0.3, -0.25) is 10.1 Å². The Kier molecular flexibility index (Phi) is 8.15. The Morgan fingerprint density at radius 3 is 2.54 bits per heavy atom. The minimum atomic E-state index is -1.98. The van der Waals surface area contributed by atoms with Crippen LogP contribution in [0.2, 0.25) is 0 Å². The SMILES string of the molecule is COC1CC2=CC(=C1Cl)N(C)C(=O)C[C@@]1(C)C3[C@H](OC(=O)N[C@@]3(O)[C@H](OC)/C=C/C=C(\C)C2)[C@@H](C)C[C@@]1(C)O. The average Bonchev–Trinajstić information content (AvgIpc) is 2.84. The van der Waals surface area contributed by atoms with Crippen LogP contribution in [-0.4, -0.2) is 78.0 Å². The standard InChI is InChI=1S/C29H41ClN2O7/c1-16-9-8-10-21(38-7)29(36)25-24(39-26(34)31-29)17(2)14-28(4,35)27(25,3)15-22(33)32(5)19-12-18(11-16)13-20(37-6)23(19)30/h8-10,12,17,20-21,24-25,35-36H,11,13-15H2,1-7H3,(H,31,34)/b10-8+,16-9+/t17-,20?,21+,24+,25?,27-,28+,29+/m0/s1. The van der Waals surface area contributed by atoms with Crippen molar-refractivity contribution in [2.75, 3.05) is 21.3 Å². The lowest BCUT2D eigenvalue weighted by Gasteiger charge is -2.62. The molecule has 2 heterocycles. The smallest absolute Gasteiger partial charge is 0.409 e. The first kappa shape index (κ1) is 29.8. The van der Waals surface area contributed by atoms with Crippen LogP contribution in [0.1, 0.15) is 53.4 Å². The Balaban J connectivity index is 1.93. The summed E-state index contributed by atoms with van der Waals surface area (Å²) in [5, 5.41) is 27.2. The van der Waals surface area contributed by atoms with Crippen LogP contribution in [0.3, 0.4) is 0 Å². The van der Waals surface area contributed by atoms with Gasteiger partial charge in [-0.1, -0.05) is 54.8 Å². The zero-order valence-corrected chi connectivity index (χ0v) is 24.5. The maximum atomic E-state index is 14.0. The number of halogens is 1. The molecule has 3 N–H and O–H groups in total. The number of allylic oxidation sites excluding steroid dienone is 4. The van der Waals surface area contributed by atoms with Crippen molar-refractivity contribution in [3.8, 4) is 0 Å². The van der Waals surface area contributed by atoms with Crippen molar-refractivity contribution in [1.29, 1.82) is 0 Å². The molecule has 10 heteroatoms. The van der Waals surface area contributed by atoms with E-state index in [1.165, 1.54) is 12.0 Å². The van der Waals surface area contributed by atoms with Crippen molar-refractivity contribution in [2.24, 2.45) is 17.3 Å². The Labute approximate surface area is 235 Å². The van der Waals surface area contributed by atoms with Gasteiger partial charge in [0.15, 0.2) is 5.72 Å². The summed E-state index contributed by atoms with van der Waals surface area (Å²) in [6.07, 6.45) is 5.72. The summed E-state index contributed by atoms with van der Waals surface area (Å²) in [4.78, 5) is 28.2. The number of carbonyl (C=O) groups excluding carboxylic acids is 2. The first-order valence-corrected chi connectivity index (χ1v) is 13.7. The predicted octanol–water partition coefficient (Wildman–Crippen LogP) is 3.76. The molecular weight excluding hydrogens is 524 g/mol. The molecule has 39 heavy (non-hydrogen) atoms. The fourth-order valence-electron chi connectivity index (χ4n) is 6.96. The first-order chi connectivity index (χ1) is 18.2. The van der Waals surface area contributed by atoms with Crippen LogP contribution < -0.4 is 5.32 Å². The van der Waals surface area contributed by atoms with Gasteiger partial charge in [0.25, 0.3) is 0 Å². The van der Waals surface area contributed by atoms with Crippen LogP contribution >= 0.6 is 11.6 Å².